The predicted octanol–water partition coefficient (Wildman–Crippen LogP) is 3.34. The van der Waals surface area contributed by atoms with Crippen molar-refractivity contribution in [1.29, 1.82) is 0 Å². The van der Waals surface area contributed by atoms with Crippen LogP contribution < -0.4 is 11.3 Å². The second kappa shape index (κ2) is 9.57. The molecule has 1 fully saturated rings. The number of hydrogen-bond donors (Lipinski definition) is 1. The topological polar surface area (TPSA) is 150 Å². The Labute approximate surface area is 238 Å². The van der Waals surface area contributed by atoms with E-state index in [-0.39, 0.29) is 39.1 Å². The molecule has 0 radical (unpaired) electrons. The zero-order valence-electron chi connectivity index (χ0n) is 25.3. The fourth-order valence-corrected chi connectivity index (χ4v) is 7.93. The van der Waals surface area contributed by atoms with Crippen LogP contribution in [0.2, 0.25) is 36.3 Å². The molecule has 0 unspecified atom stereocenters. The molecule has 2 aliphatic heterocycles. The van der Waals surface area contributed by atoms with Gasteiger partial charge in [-0.15, -0.1) is 0 Å². The standard InChI is InChI=1S/C25H43N5O7SSi2/c1-23(2,3)39(8,9)34-12-17-25(16(26)13-38(32,33)37-25)19(36-40(10,11)24(4,5)6)22(35-17)30-15-28-20-18(30)21(31)29(7)14-27-20/h13-15,17,19,22H,12,26H2,1-11H3/t17-,19+,22-,25-/m1/s1. The van der Waals surface area contributed by atoms with Gasteiger partial charge in [-0.1, -0.05) is 41.5 Å². The maximum atomic E-state index is 13.2. The Bertz CT molecular complexity index is 1500. The van der Waals surface area contributed by atoms with Crippen LogP contribution in [0.5, 0.6) is 0 Å². The smallest absolute Gasteiger partial charge is 0.292 e. The minimum atomic E-state index is -4.15. The van der Waals surface area contributed by atoms with Crippen LogP contribution in [0.3, 0.4) is 0 Å². The number of imidazole rings is 1. The van der Waals surface area contributed by atoms with Gasteiger partial charge in [0.05, 0.1) is 24.0 Å². The van der Waals surface area contributed by atoms with Crippen molar-refractivity contribution in [2.75, 3.05) is 6.61 Å². The Balaban J connectivity index is 1.93. The van der Waals surface area contributed by atoms with E-state index in [4.69, 9.17) is 23.5 Å². The predicted molar refractivity (Wildman–Crippen MR) is 157 cm³/mol. The van der Waals surface area contributed by atoms with E-state index in [9.17, 15) is 13.2 Å². The Hall–Kier alpha value is -1.89. The summed E-state index contributed by atoms with van der Waals surface area (Å²) >= 11 is 0. The molecule has 0 saturated carbocycles. The van der Waals surface area contributed by atoms with Gasteiger partial charge >= 0.3 is 0 Å². The van der Waals surface area contributed by atoms with Crippen LogP contribution in [-0.4, -0.2) is 68.6 Å². The first-order valence-electron chi connectivity index (χ1n) is 13.3. The van der Waals surface area contributed by atoms with E-state index in [0.29, 0.717) is 0 Å². The number of fused-ring (bicyclic) bond motifs is 1. The first-order valence-corrected chi connectivity index (χ1v) is 20.6. The molecular weight excluding hydrogens is 571 g/mol. The van der Waals surface area contributed by atoms with Crippen LogP contribution >= 0.6 is 0 Å². The molecule has 4 heterocycles. The van der Waals surface area contributed by atoms with Gasteiger partial charge < -0.3 is 23.9 Å². The van der Waals surface area contributed by atoms with Gasteiger partial charge in [-0.05, 0) is 36.3 Å². The summed E-state index contributed by atoms with van der Waals surface area (Å²) in [5.41, 5.74) is 4.88. The lowest BCUT2D eigenvalue weighted by molar-refractivity contribution is -0.0534. The lowest BCUT2D eigenvalue weighted by Crippen LogP contribution is -2.59. The number of aryl methyl sites for hydroxylation is 1. The van der Waals surface area contributed by atoms with Gasteiger partial charge in [-0.2, -0.15) is 8.42 Å². The number of aromatic nitrogens is 4. The second-order valence-corrected chi connectivity index (χ2v) is 24.8. The van der Waals surface area contributed by atoms with Crippen molar-refractivity contribution in [3.05, 3.63) is 34.1 Å². The van der Waals surface area contributed by atoms with Crippen molar-refractivity contribution in [2.45, 2.75) is 102 Å². The van der Waals surface area contributed by atoms with Crippen molar-refractivity contribution in [3.8, 4) is 0 Å². The minimum absolute atomic E-state index is 0.0112. The van der Waals surface area contributed by atoms with Crippen molar-refractivity contribution in [2.24, 2.45) is 12.8 Å². The third-order valence-electron chi connectivity index (χ3n) is 8.99. The number of hydrogen-bond acceptors (Lipinski definition) is 10. The molecule has 2 aliphatic rings. The lowest BCUT2D eigenvalue weighted by atomic mass is 9.89. The molecule has 2 N–H and O–H groups in total. The van der Waals surface area contributed by atoms with Gasteiger partial charge in [-0.3, -0.25) is 9.36 Å². The van der Waals surface area contributed by atoms with Gasteiger partial charge in [0, 0.05) is 7.05 Å². The summed E-state index contributed by atoms with van der Waals surface area (Å²) in [4.78, 5) is 21.8. The van der Waals surface area contributed by atoms with Gasteiger partial charge in [0.1, 0.15) is 18.5 Å². The van der Waals surface area contributed by atoms with E-state index in [1.165, 1.54) is 17.2 Å². The molecule has 0 amide bonds. The number of nitrogens with zero attached hydrogens (tertiary/aromatic N) is 4. The first-order chi connectivity index (χ1) is 18.0. The normalized spacial score (nSPS) is 27.6. The molecule has 2 aromatic rings. The zero-order chi connectivity index (χ0) is 30.3. The van der Waals surface area contributed by atoms with E-state index in [1.54, 1.807) is 11.6 Å². The van der Waals surface area contributed by atoms with E-state index < -0.39 is 50.8 Å². The SMILES string of the molecule is Cn1cnc2ncn([C@@H]3O[C@H](CO[Si](C)(C)C(C)(C)C)[C@@]4(OS(=O)(=O)C=C4N)[C@H]3O[Si](C)(C)C(C)(C)C)c2c1=O. The minimum Gasteiger partial charge on any atom is -0.414 e. The monoisotopic (exact) mass is 613 g/mol. The van der Waals surface area contributed by atoms with E-state index >= 15 is 0 Å². The zero-order valence-corrected chi connectivity index (χ0v) is 28.1. The van der Waals surface area contributed by atoms with Crippen molar-refractivity contribution in [1.82, 2.24) is 19.1 Å². The van der Waals surface area contributed by atoms with Gasteiger partial charge in [-0.25, -0.2) is 14.2 Å². The fraction of sp³-hybridized carbons (Fsp3) is 0.720. The molecule has 40 heavy (non-hydrogen) atoms. The lowest BCUT2D eigenvalue weighted by Gasteiger charge is -2.43. The maximum absolute atomic E-state index is 13.2. The Morgan fingerprint density at radius 3 is 2.15 bits per heavy atom. The summed E-state index contributed by atoms with van der Waals surface area (Å²) in [6.07, 6.45) is -0.166. The second-order valence-electron chi connectivity index (χ2n) is 13.8. The third-order valence-corrected chi connectivity index (χ3v) is 19.0. The molecule has 12 nitrogen and oxygen atoms in total. The highest BCUT2D eigenvalue weighted by Gasteiger charge is 2.67. The molecule has 0 bridgehead atoms. The molecule has 4 atom stereocenters. The number of rotatable bonds is 6. The number of ether oxygens (including phenoxy) is 1. The summed E-state index contributed by atoms with van der Waals surface area (Å²) < 4.78 is 54.7. The quantitative estimate of drug-likeness (QED) is 0.380. The van der Waals surface area contributed by atoms with Crippen molar-refractivity contribution >= 4 is 37.9 Å². The third kappa shape index (κ3) is 5.03. The Morgan fingerprint density at radius 2 is 1.62 bits per heavy atom. The molecule has 15 heteroatoms. The van der Waals surface area contributed by atoms with Crippen molar-refractivity contribution in [3.63, 3.8) is 0 Å². The highest BCUT2D eigenvalue weighted by atomic mass is 32.2. The average molecular weight is 614 g/mol. The van der Waals surface area contributed by atoms with Crippen LogP contribution in [0.15, 0.2) is 28.6 Å². The summed E-state index contributed by atoms with van der Waals surface area (Å²) in [5.74, 6) is 0. The summed E-state index contributed by atoms with van der Waals surface area (Å²) in [6, 6.07) is 0. The van der Waals surface area contributed by atoms with Gasteiger partial charge in [0.2, 0.25) is 0 Å². The summed E-state index contributed by atoms with van der Waals surface area (Å²) in [7, 11) is -7.47. The van der Waals surface area contributed by atoms with Crippen LogP contribution in [0.1, 0.15) is 47.8 Å². The molecule has 4 rings (SSSR count). The molecule has 2 aromatic heterocycles. The van der Waals surface area contributed by atoms with Gasteiger partial charge in [0.15, 0.2) is 39.6 Å². The first kappa shape index (κ1) is 31.1. The Morgan fingerprint density at radius 1 is 1.05 bits per heavy atom. The van der Waals surface area contributed by atoms with Crippen molar-refractivity contribution < 1.29 is 26.2 Å². The summed E-state index contributed by atoms with van der Waals surface area (Å²) in [5, 5.41) is 0.559. The van der Waals surface area contributed by atoms with Crippen LogP contribution in [0.4, 0.5) is 0 Å². The van der Waals surface area contributed by atoms with Crippen LogP contribution in [0, 0.1) is 0 Å². The molecule has 0 aliphatic carbocycles. The van der Waals surface area contributed by atoms with E-state index in [0.717, 1.165) is 5.41 Å². The largest absolute Gasteiger partial charge is 0.414 e. The van der Waals surface area contributed by atoms with E-state index in [2.05, 4.69) is 64.6 Å². The molecule has 0 aromatic carbocycles. The molecule has 224 valence electrons. The molecule has 1 spiro atoms. The van der Waals surface area contributed by atoms with Crippen LogP contribution in [-0.2, 0) is 34.9 Å². The average Bonchev–Trinajstić information content (AvgIpc) is 3.40. The number of nitrogens with two attached hydrogens (primary N) is 1. The highest BCUT2D eigenvalue weighted by Crippen LogP contribution is 2.52. The molecular formula is C25H43N5O7SSi2. The fourth-order valence-electron chi connectivity index (χ4n) is 4.42. The van der Waals surface area contributed by atoms with Crippen LogP contribution in [0.25, 0.3) is 11.2 Å². The summed E-state index contributed by atoms with van der Waals surface area (Å²) in [6.45, 7) is 20.9. The highest BCUT2D eigenvalue weighted by molar-refractivity contribution is 7.90. The maximum Gasteiger partial charge on any atom is 0.292 e. The molecule has 1 saturated heterocycles. The van der Waals surface area contributed by atoms with Gasteiger partial charge in [0.25, 0.3) is 15.7 Å². The van der Waals surface area contributed by atoms with E-state index in [1.807, 2.05) is 13.1 Å². The Kier molecular flexibility index (Phi) is 7.43.